The van der Waals surface area contributed by atoms with Crippen LogP contribution in [0.15, 0.2) is 36.5 Å². The second kappa shape index (κ2) is 5.45. The van der Waals surface area contributed by atoms with E-state index in [-0.39, 0.29) is 0 Å². The number of nitrogens with zero attached hydrogens (tertiary/aromatic N) is 1. The first-order valence-corrected chi connectivity index (χ1v) is 5.12. The van der Waals surface area contributed by atoms with Gasteiger partial charge < -0.3 is 0 Å². The number of hydrogen-bond acceptors (Lipinski definition) is 2. The van der Waals surface area contributed by atoms with Gasteiger partial charge in [0, 0.05) is 12.7 Å². The van der Waals surface area contributed by atoms with Crippen molar-refractivity contribution >= 4 is 5.69 Å². The Morgan fingerprint density at radius 1 is 1.14 bits per heavy atom. The van der Waals surface area contributed by atoms with Gasteiger partial charge in [-0.25, -0.2) is 5.43 Å². The molecule has 0 saturated carbocycles. The summed E-state index contributed by atoms with van der Waals surface area (Å²) in [5, 5.41) is 2.03. The number of rotatable bonds is 1. The molecule has 1 heterocycles. The van der Waals surface area contributed by atoms with E-state index in [1.807, 2.05) is 25.1 Å². The lowest BCUT2D eigenvalue weighted by molar-refractivity contribution is 0.814. The van der Waals surface area contributed by atoms with Crippen LogP contribution in [0.5, 0.6) is 0 Å². The van der Waals surface area contributed by atoms with Gasteiger partial charge >= 0.3 is 0 Å². The predicted molar refractivity (Wildman–Crippen MR) is 62.1 cm³/mol. The maximum atomic E-state index is 3.21. The number of nitrogens with one attached hydrogen (secondary N) is 1. The van der Waals surface area contributed by atoms with Crippen molar-refractivity contribution in [2.24, 2.45) is 0 Å². The third-order valence-corrected chi connectivity index (χ3v) is 1.95. The van der Waals surface area contributed by atoms with E-state index in [9.17, 15) is 0 Å². The summed E-state index contributed by atoms with van der Waals surface area (Å²) in [5.74, 6) is 0. The average Bonchev–Trinajstić information content (AvgIpc) is 2.75. The molecule has 1 aromatic rings. The van der Waals surface area contributed by atoms with Gasteiger partial charge in [-0.15, -0.1) is 0 Å². The molecule has 2 nitrogen and oxygen atoms in total. The number of hydrogen-bond donors (Lipinski definition) is 1. The van der Waals surface area contributed by atoms with Crippen molar-refractivity contribution < 1.29 is 0 Å². The molecule has 0 aliphatic carbocycles. The monoisotopic (exact) mass is 190 g/mol. The van der Waals surface area contributed by atoms with Crippen LogP contribution < -0.4 is 10.4 Å². The van der Waals surface area contributed by atoms with Crippen LogP contribution in [0.1, 0.15) is 19.4 Å². The standard InChI is InChI=1S/C10H12N2.C2H6/c1-9-3-5-10(6-4-9)12-8-2-7-11-12;1-2/h2-6,8,11H,7H2,1H3;1-2H3. The summed E-state index contributed by atoms with van der Waals surface area (Å²) in [7, 11) is 0. The van der Waals surface area contributed by atoms with Crippen LogP contribution in [-0.2, 0) is 0 Å². The fourth-order valence-electron chi connectivity index (χ4n) is 1.24. The van der Waals surface area contributed by atoms with Crippen molar-refractivity contribution in [2.75, 3.05) is 11.6 Å². The van der Waals surface area contributed by atoms with E-state index in [0.29, 0.717) is 0 Å². The Balaban J connectivity index is 0.000000461. The molecule has 0 atom stereocenters. The maximum absolute atomic E-state index is 3.21. The number of anilines is 1. The van der Waals surface area contributed by atoms with Gasteiger partial charge in [0.2, 0.25) is 0 Å². The lowest BCUT2D eigenvalue weighted by Crippen LogP contribution is -2.27. The largest absolute Gasteiger partial charge is 0.284 e. The van der Waals surface area contributed by atoms with Crippen molar-refractivity contribution in [3.8, 4) is 0 Å². The first-order valence-electron chi connectivity index (χ1n) is 5.12. The summed E-state index contributed by atoms with van der Waals surface area (Å²) >= 11 is 0. The van der Waals surface area contributed by atoms with Crippen LogP contribution in [0.3, 0.4) is 0 Å². The lowest BCUT2D eigenvalue weighted by atomic mass is 10.2. The summed E-state index contributed by atoms with van der Waals surface area (Å²) in [6.07, 6.45) is 4.14. The van der Waals surface area contributed by atoms with Gasteiger partial charge in [-0.2, -0.15) is 0 Å². The summed E-state index contributed by atoms with van der Waals surface area (Å²) in [5.41, 5.74) is 5.70. The van der Waals surface area contributed by atoms with Crippen LogP contribution in [0, 0.1) is 6.92 Å². The summed E-state index contributed by atoms with van der Waals surface area (Å²) in [6, 6.07) is 8.45. The molecule has 1 aliphatic rings. The molecule has 0 bridgehead atoms. The Hall–Kier alpha value is -1.28. The van der Waals surface area contributed by atoms with Gasteiger partial charge in [-0.05, 0) is 19.1 Å². The minimum absolute atomic E-state index is 0.924. The first-order chi connectivity index (χ1) is 6.86. The van der Waals surface area contributed by atoms with E-state index in [2.05, 4.69) is 42.7 Å². The smallest absolute Gasteiger partial charge is 0.0570 e. The van der Waals surface area contributed by atoms with Gasteiger partial charge in [0.15, 0.2) is 0 Å². The van der Waals surface area contributed by atoms with Crippen LogP contribution in [-0.4, -0.2) is 6.54 Å². The van der Waals surface area contributed by atoms with E-state index in [1.165, 1.54) is 11.3 Å². The zero-order valence-corrected chi connectivity index (χ0v) is 9.12. The molecule has 14 heavy (non-hydrogen) atoms. The van der Waals surface area contributed by atoms with E-state index in [4.69, 9.17) is 0 Å². The van der Waals surface area contributed by atoms with Gasteiger partial charge in [0.25, 0.3) is 0 Å². The number of benzene rings is 1. The molecule has 2 heteroatoms. The fraction of sp³-hybridized carbons (Fsp3) is 0.333. The predicted octanol–water partition coefficient (Wildman–Crippen LogP) is 2.86. The average molecular weight is 190 g/mol. The minimum atomic E-state index is 0.924. The van der Waals surface area contributed by atoms with Gasteiger partial charge in [-0.3, -0.25) is 5.01 Å². The molecule has 76 valence electrons. The zero-order valence-electron chi connectivity index (χ0n) is 9.12. The lowest BCUT2D eigenvalue weighted by Gasteiger charge is -2.15. The maximum Gasteiger partial charge on any atom is 0.0570 e. The van der Waals surface area contributed by atoms with Crippen LogP contribution in [0.4, 0.5) is 5.69 Å². The van der Waals surface area contributed by atoms with Crippen molar-refractivity contribution in [1.29, 1.82) is 0 Å². The summed E-state index contributed by atoms with van der Waals surface area (Å²) < 4.78 is 0. The molecule has 0 spiro atoms. The summed E-state index contributed by atoms with van der Waals surface area (Å²) in [4.78, 5) is 0. The molecular formula is C12H18N2. The molecule has 1 N–H and O–H groups in total. The van der Waals surface area contributed by atoms with Crippen LogP contribution >= 0.6 is 0 Å². The molecule has 1 aliphatic heterocycles. The highest BCUT2D eigenvalue weighted by Gasteiger charge is 2.04. The number of hydrazine groups is 1. The molecule has 0 aromatic heterocycles. The van der Waals surface area contributed by atoms with E-state index >= 15 is 0 Å². The Morgan fingerprint density at radius 2 is 1.79 bits per heavy atom. The van der Waals surface area contributed by atoms with Crippen molar-refractivity contribution in [1.82, 2.24) is 5.43 Å². The second-order valence-corrected chi connectivity index (χ2v) is 2.95. The Morgan fingerprint density at radius 3 is 2.29 bits per heavy atom. The van der Waals surface area contributed by atoms with Crippen molar-refractivity contribution in [3.63, 3.8) is 0 Å². The zero-order chi connectivity index (χ0) is 10.4. The van der Waals surface area contributed by atoms with Crippen LogP contribution in [0.2, 0.25) is 0 Å². The van der Waals surface area contributed by atoms with E-state index in [1.54, 1.807) is 0 Å². The fourth-order valence-corrected chi connectivity index (χ4v) is 1.24. The highest BCUT2D eigenvalue weighted by atomic mass is 15.5. The highest BCUT2D eigenvalue weighted by Crippen LogP contribution is 2.14. The van der Waals surface area contributed by atoms with Gasteiger partial charge in [0.05, 0.1) is 5.69 Å². The second-order valence-electron chi connectivity index (χ2n) is 2.95. The molecule has 0 fully saturated rings. The van der Waals surface area contributed by atoms with E-state index < -0.39 is 0 Å². The quantitative estimate of drug-likeness (QED) is 0.732. The Kier molecular flexibility index (Phi) is 4.20. The molecule has 0 amide bonds. The molecule has 0 saturated heterocycles. The molecule has 1 aromatic carbocycles. The van der Waals surface area contributed by atoms with E-state index in [0.717, 1.165) is 6.54 Å². The highest BCUT2D eigenvalue weighted by molar-refractivity contribution is 5.49. The topological polar surface area (TPSA) is 15.3 Å². The molecule has 0 unspecified atom stereocenters. The molecular weight excluding hydrogens is 172 g/mol. The van der Waals surface area contributed by atoms with Crippen LogP contribution in [0.25, 0.3) is 0 Å². The number of aryl methyl sites for hydroxylation is 1. The Labute approximate surface area is 86.2 Å². The Bertz CT molecular complexity index is 288. The van der Waals surface area contributed by atoms with Crippen molar-refractivity contribution in [3.05, 3.63) is 42.1 Å². The summed E-state index contributed by atoms with van der Waals surface area (Å²) in [6.45, 7) is 7.02. The first kappa shape index (κ1) is 10.8. The normalized spacial score (nSPS) is 13.8. The third kappa shape index (κ3) is 2.60. The minimum Gasteiger partial charge on any atom is -0.284 e. The SMILES string of the molecule is CC.Cc1ccc(N2C=CCN2)cc1. The molecule has 2 rings (SSSR count). The molecule has 0 radical (unpaired) electrons. The van der Waals surface area contributed by atoms with Gasteiger partial charge in [0.1, 0.15) is 0 Å². The third-order valence-electron chi connectivity index (χ3n) is 1.95. The van der Waals surface area contributed by atoms with Gasteiger partial charge in [-0.1, -0.05) is 37.6 Å². The van der Waals surface area contributed by atoms with Crippen molar-refractivity contribution in [2.45, 2.75) is 20.8 Å².